The first-order valence-corrected chi connectivity index (χ1v) is 16.8. The molecule has 3 saturated carbocycles. The molecule has 1 amide bonds. The van der Waals surface area contributed by atoms with Crippen molar-refractivity contribution in [2.45, 2.75) is 130 Å². The molecule has 246 valence electrons. The summed E-state index contributed by atoms with van der Waals surface area (Å²) in [5.74, 6) is 3.50. The molecule has 0 aromatic rings. The Bertz CT molecular complexity index is 999. The van der Waals surface area contributed by atoms with Gasteiger partial charge in [0.05, 0.1) is 6.54 Å². The van der Waals surface area contributed by atoms with E-state index in [-0.39, 0.29) is 24.7 Å². The second kappa shape index (κ2) is 14.2. The Morgan fingerprint density at radius 1 is 1.00 bits per heavy atom. The minimum Gasteiger partial charge on any atom is -0.462 e. The van der Waals surface area contributed by atoms with Gasteiger partial charge < -0.3 is 35.2 Å². The predicted octanol–water partition coefficient (Wildman–Crippen LogP) is 4.70. The van der Waals surface area contributed by atoms with Crippen LogP contribution < -0.4 is 5.32 Å². The summed E-state index contributed by atoms with van der Waals surface area (Å²) in [5.41, 5.74) is 2.08. The smallest absolute Gasteiger partial charge is 0.407 e. The zero-order chi connectivity index (χ0) is 31.5. The number of alkyl carbamates (subject to hydrolysis) is 1. The Kier molecular flexibility index (Phi) is 11.3. The van der Waals surface area contributed by atoms with Crippen molar-refractivity contribution in [3.8, 4) is 0 Å². The van der Waals surface area contributed by atoms with Crippen LogP contribution >= 0.6 is 0 Å². The van der Waals surface area contributed by atoms with Gasteiger partial charge >= 0.3 is 12.1 Å². The Hall–Kier alpha value is -1.68. The lowest BCUT2D eigenvalue weighted by molar-refractivity contribution is -0.184. The molecule has 4 aliphatic carbocycles. The molecule has 5 N–H and O–H groups in total. The van der Waals surface area contributed by atoms with Crippen LogP contribution in [0.25, 0.3) is 0 Å². The molecule has 43 heavy (non-hydrogen) atoms. The predicted molar refractivity (Wildman–Crippen MR) is 163 cm³/mol. The molecule has 0 radical (unpaired) electrons. The molecule has 10 unspecified atom stereocenters. The normalized spacial score (nSPS) is 35.7. The maximum absolute atomic E-state index is 12.5. The van der Waals surface area contributed by atoms with Crippen molar-refractivity contribution >= 4 is 12.1 Å². The van der Waals surface area contributed by atoms with E-state index in [0.29, 0.717) is 11.3 Å². The average Bonchev–Trinajstić information content (AvgIpc) is 3.31. The van der Waals surface area contributed by atoms with E-state index in [4.69, 9.17) is 19.7 Å². The summed E-state index contributed by atoms with van der Waals surface area (Å²) in [7, 11) is 0. The molecular formula is C34H57NO8. The highest BCUT2D eigenvalue weighted by Crippen LogP contribution is 2.67. The fraction of sp³-hybridized carbons (Fsp3) is 0.882. The maximum atomic E-state index is 12.5. The summed E-state index contributed by atoms with van der Waals surface area (Å²) in [6, 6.07) is 0. The lowest BCUT2D eigenvalue weighted by Crippen LogP contribution is -2.51. The summed E-state index contributed by atoms with van der Waals surface area (Å²) in [6.07, 6.45) is 8.46. The minimum absolute atomic E-state index is 0.0382. The van der Waals surface area contributed by atoms with Gasteiger partial charge in [-0.15, -0.1) is 0 Å². The number of aliphatic hydroxyl groups excluding tert-OH is 3. The van der Waals surface area contributed by atoms with Crippen LogP contribution in [-0.2, 0) is 14.3 Å². The highest BCUT2D eigenvalue weighted by atomic mass is 16.6. The summed E-state index contributed by atoms with van der Waals surface area (Å²) in [5, 5.41) is 39.2. The van der Waals surface area contributed by atoms with Gasteiger partial charge in [0.1, 0.15) is 18.8 Å². The van der Waals surface area contributed by atoms with E-state index >= 15 is 0 Å². The number of ether oxygens (including phenoxy) is 2. The van der Waals surface area contributed by atoms with E-state index < -0.39 is 30.6 Å². The van der Waals surface area contributed by atoms with Crippen molar-refractivity contribution in [2.75, 3.05) is 13.2 Å². The first-order valence-electron chi connectivity index (χ1n) is 16.8. The third-order valence-electron chi connectivity index (χ3n) is 12.0. The number of esters is 1. The second-order valence-electron chi connectivity index (χ2n) is 15.0. The molecule has 4 aliphatic rings. The molecule has 4 rings (SSSR count). The van der Waals surface area contributed by atoms with Crippen LogP contribution in [0.3, 0.4) is 0 Å². The summed E-state index contributed by atoms with van der Waals surface area (Å²) in [4.78, 5) is 24.1. The molecule has 9 heteroatoms. The number of hydrogen-bond donors (Lipinski definition) is 5. The Morgan fingerprint density at radius 3 is 2.44 bits per heavy atom. The summed E-state index contributed by atoms with van der Waals surface area (Å²) in [6.45, 7) is 12.0. The monoisotopic (exact) mass is 607 g/mol. The number of hydrogen-bond acceptors (Lipinski definition) is 8. The number of allylic oxidation sites excluding steroid dienone is 1. The zero-order valence-electron chi connectivity index (χ0n) is 27.0. The number of nitrogens with one attached hydrogen (secondary N) is 1. The first kappa shape index (κ1) is 34.2. The summed E-state index contributed by atoms with van der Waals surface area (Å²) < 4.78 is 10.5. The first-order chi connectivity index (χ1) is 20.3. The lowest BCUT2D eigenvalue weighted by atomic mass is 9.47. The van der Waals surface area contributed by atoms with Crippen molar-refractivity contribution in [1.82, 2.24) is 5.32 Å². The van der Waals surface area contributed by atoms with Crippen LogP contribution in [0, 0.1) is 46.3 Å². The number of carbonyl (C=O) groups is 2. The minimum atomic E-state index is -2.27. The fourth-order valence-electron chi connectivity index (χ4n) is 9.64. The highest BCUT2D eigenvalue weighted by Gasteiger charge is 2.59. The van der Waals surface area contributed by atoms with E-state index in [1.807, 2.05) is 0 Å². The molecule has 3 fully saturated rings. The van der Waals surface area contributed by atoms with Gasteiger partial charge in [-0.3, -0.25) is 0 Å². The van der Waals surface area contributed by atoms with Crippen LogP contribution in [0.5, 0.6) is 0 Å². The van der Waals surface area contributed by atoms with Crippen LogP contribution in [-0.4, -0.2) is 70.2 Å². The molecule has 0 aliphatic heterocycles. The van der Waals surface area contributed by atoms with Crippen LogP contribution in [0.15, 0.2) is 11.6 Å². The van der Waals surface area contributed by atoms with Crippen molar-refractivity contribution in [2.24, 2.45) is 46.3 Å². The molecule has 0 aromatic carbocycles. The van der Waals surface area contributed by atoms with Crippen molar-refractivity contribution in [1.29, 1.82) is 0 Å². The van der Waals surface area contributed by atoms with Gasteiger partial charge in [-0.05, 0) is 91.3 Å². The standard InChI is InChI=1S/C34H57NO8/c1-20(2)7-6-8-21(3)25-11-12-26-24-10-9-22-19-23(13-15-33(22,4)27(24)14-16-34(25,26)5)43-32(41)35-17-18-42-31(40)29(37)28(36)30(38)39/h9,20-21,23-30,36-39H,6-8,10-19H2,1-5H3,(H,35,41). The average molecular weight is 608 g/mol. The molecular weight excluding hydrogens is 550 g/mol. The second-order valence-corrected chi connectivity index (χ2v) is 15.0. The highest BCUT2D eigenvalue weighted by molar-refractivity contribution is 5.75. The van der Waals surface area contributed by atoms with Gasteiger partial charge in [-0.2, -0.15) is 0 Å². The van der Waals surface area contributed by atoms with Crippen molar-refractivity contribution in [3.63, 3.8) is 0 Å². The van der Waals surface area contributed by atoms with Gasteiger partial charge in [0.2, 0.25) is 0 Å². The molecule has 0 aromatic heterocycles. The van der Waals surface area contributed by atoms with E-state index in [0.717, 1.165) is 55.3 Å². The zero-order valence-corrected chi connectivity index (χ0v) is 27.0. The third kappa shape index (κ3) is 7.42. The van der Waals surface area contributed by atoms with Crippen LogP contribution in [0.2, 0.25) is 0 Å². The Labute approximate surface area is 257 Å². The van der Waals surface area contributed by atoms with Gasteiger partial charge in [0.15, 0.2) is 12.4 Å². The topological polar surface area (TPSA) is 146 Å². The largest absolute Gasteiger partial charge is 0.462 e. The van der Waals surface area contributed by atoms with Crippen LogP contribution in [0.4, 0.5) is 4.79 Å². The van der Waals surface area contributed by atoms with E-state index in [1.165, 1.54) is 50.5 Å². The van der Waals surface area contributed by atoms with Crippen molar-refractivity contribution in [3.05, 3.63) is 11.6 Å². The molecule has 0 saturated heterocycles. The lowest BCUT2D eigenvalue weighted by Gasteiger charge is -2.58. The van der Waals surface area contributed by atoms with Crippen molar-refractivity contribution < 1.29 is 39.5 Å². The Balaban J connectivity index is 1.26. The van der Waals surface area contributed by atoms with E-state index in [1.54, 1.807) is 0 Å². The third-order valence-corrected chi connectivity index (χ3v) is 12.0. The summed E-state index contributed by atoms with van der Waals surface area (Å²) >= 11 is 0. The molecule has 0 spiro atoms. The quantitative estimate of drug-likeness (QED) is 0.0929. The SMILES string of the molecule is CC(C)CCCC(C)C1CCC2C3CC=C4CC(OC(=O)NCCOC(=O)C(O)C(O)C(O)O)CCC4(C)C3CCC12C. The van der Waals surface area contributed by atoms with E-state index in [9.17, 15) is 19.8 Å². The molecule has 0 heterocycles. The Morgan fingerprint density at radius 2 is 1.74 bits per heavy atom. The van der Waals surface area contributed by atoms with Gasteiger partial charge in [0, 0.05) is 6.42 Å². The molecule has 0 bridgehead atoms. The van der Waals surface area contributed by atoms with E-state index in [2.05, 4.69) is 46.0 Å². The molecule has 9 nitrogen and oxygen atoms in total. The number of rotatable bonds is 12. The van der Waals surface area contributed by atoms with Gasteiger partial charge in [-0.25, -0.2) is 9.59 Å². The number of amides is 1. The molecule has 10 atom stereocenters. The van der Waals surface area contributed by atoms with Gasteiger partial charge in [0.25, 0.3) is 0 Å². The number of fused-ring (bicyclic) bond motifs is 5. The number of carbonyl (C=O) groups excluding carboxylic acids is 2. The number of aliphatic hydroxyl groups is 4. The maximum Gasteiger partial charge on any atom is 0.407 e. The fourth-order valence-corrected chi connectivity index (χ4v) is 9.64. The van der Waals surface area contributed by atoms with Crippen LogP contribution in [0.1, 0.15) is 105 Å². The van der Waals surface area contributed by atoms with Gasteiger partial charge in [-0.1, -0.05) is 65.5 Å².